The number of benzene rings is 2. The number of hydrogen-bond donors (Lipinski definition) is 1. The minimum absolute atomic E-state index is 0.198. The van der Waals surface area contributed by atoms with Crippen LogP contribution in [0.1, 0.15) is 28.8 Å². The Balaban J connectivity index is 1.67. The highest BCUT2D eigenvalue weighted by atomic mass is 32.2. The van der Waals surface area contributed by atoms with Gasteiger partial charge >= 0.3 is 0 Å². The second-order valence-corrected chi connectivity index (χ2v) is 8.85. The molecule has 144 valence electrons. The molecular formula is C21H21N3O3S. The summed E-state index contributed by atoms with van der Waals surface area (Å²) in [6, 6.07) is 12.2. The highest BCUT2D eigenvalue weighted by Crippen LogP contribution is 2.26. The van der Waals surface area contributed by atoms with Gasteiger partial charge in [0, 0.05) is 47.5 Å². The predicted molar refractivity (Wildman–Crippen MR) is 109 cm³/mol. The van der Waals surface area contributed by atoms with E-state index in [9.17, 15) is 13.2 Å². The van der Waals surface area contributed by atoms with E-state index in [4.69, 9.17) is 0 Å². The number of aromatic nitrogens is 1. The van der Waals surface area contributed by atoms with Crippen LogP contribution in [0.25, 0.3) is 10.8 Å². The first kappa shape index (κ1) is 18.6. The van der Waals surface area contributed by atoms with Crippen molar-refractivity contribution in [2.75, 3.05) is 18.4 Å². The second-order valence-electron chi connectivity index (χ2n) is 6.95. The quantitative estimate of drug-likeness (QED) is 0.732. The van der Waals surface area contributed by atoms with Crippen LogP contribution in [0, 0.1) is 6.92 Å². The van der Waals surface area contributed by atoms with Gasteiger partial charge in [-0.3, -0.25) is 9.78 Å². The molecule has 7 heteroatoms. The van der Waals surface area contributed by atoms with Crippen LogP contribution in [0.3, 0.4) is 0 Å². The Kier molecular flexibility index (Phi) is 4.87. The summed E-state index contributed by atoms with van der Waals surface area (Å²) in [7, 11) is -3.59. The zero-order chi connectivity index (χ0) is 19.7. The third-order valence-corrected chi connectivity index (χ3v) is 7.10. The number of sulfonamides is 1. The van der Waals surface area contributed by atoms with Crippen LogP contribution >= 0.6 is 0 Å². The highest BCUT2D eigenvalue weighted by molar-refractivity contribution is 7.89. The standard InChI is InChI=1S/C21H21N3O3S/c1-15-7-8-16(13-20(15)28(26,27)24-11-2-3-12-24)21(25)23-19-6-4-5-17-14-22-10-9-18(17)19/h4-10,13-14H,2-3,11-12H2,1H3,(H,23,25). The summed E-state index contributed by atoms with van der Waals surface area (Å²) in [5, 5.41) is 4.69. The maximum absolute atomic E-state index is 13.0. The Hall–Kier alpha value is -2.77. The fourth-order valence-electron chi connectivity index (χ4n) is 3.51. The molecule has 0 spiro atoms. The fraction of sp³-hybridized carbons (Fsp3) is 0.238. The molecule has 1 amide bonds. The van der Waals surface area contributed by atoms with E-state index in [1.807, 2.05) is 24.3 Å². The van der Waals surface area contributed by atoms with Gasteiger partial charge in [-0.1, -0.05) is 18.2 Å². The minimum atomic E-state index is -3.59. The Labute approximate surface area is 164 Å². The number of nitrogens with one attached hydrogen (secondary N) is 1. The van der Waals surface area contributed by atoms with Gasteiger partial charge in [0.1, 0.15) is 0 Å². The number of aryl methyl sites for hydroxylation is 1. The van der Waals surface area contributed by atoms with Gasteiger partial charge in [0.15, 0.2) is 0 Å². The predicted octanol–water partition coefficient (Wildman–Crippen LogP) is 3.58. The molecular weight excluding hydrogens is 374 g/mol. The van der Waals surface area contributed by atoms with Gasteiger partial charge in [-0.25, -0.2) is 8.42 Å². The SMILES string of the molecule is Cc1ccc(C(=O)Nc2cccc3cnccc23)cc1S(=O)(=O)N1CCCC1. The monoisotopic (exact) mass is 395 g/mol. The van der Waals surface area contributed by atoms with E-state index in [2.05, 4.69) is 10.3 Å². The number of carbonyl (C=O) groups excluding carboxylic acids is 1. The minimum Gasteiger partial charge on any atom is -0.321 e. The molecule has 0 aliphatic carbocycles. The van der Waals surface area contributed by atoms with E-state index < -0.39 is 10.0 Å². The number of hydrogen-bond acceptors (Lipinski definition) is 4. The second kappa shape index (κ2) is 7.33. The summed E-state index contributed by atoms with van der Waals surface area (Å²) < 4.78 is 27.4. The van der Waals surface area contributed by atoms with Gasteiger partial charge in [0.2, 0.25) is 10.0 Å². The lowest BCUT2D eigenvalue weighted by molar-refractivity contribution is 0.102. The molecule has 1 N–H and O–H groups in total. The van der Waals surface area contributed by atoms with E-state index in [1.165, 1.54) is 10.4 Å². The molecule has 28 heavy (non-hydrogen) atoms. The molecule has 0 radical (unpaired) electrons. The molecule has 2 heterocycles. The first-order valence-corrected chi connectivity index (χ1v) is 10.7. The van der Waals surface area contributed by atoms with Gasteiger partial charge in [0.05, 0.1) is 4.90 Å². The van der Waals surface area contributed by atoms with E-state index >= 15 is 0 Å². The van der Waals surface area contributed by atoms with E-state index in [0.717, 1.165) is 23.6 Å². The van der Waals surface area contributed by atoms with Gasteiger partial charge in [0.25, 0.3) is 5.91 Å². The molecule has 6 nitrogen and oxygen atoms in total. The van der Waals surface area contributed by atoms with Crippen LogP contribution in [-0.2, 0) is 10.0 Å². The lowest BCUT2D eigenvalue weighted by Crippen LogP contribution is -2.28. The van der Waals surface area contributed by atoms with Crippen molar-refractivity contribution in [3.05, 3.63) is 66.0 Å². The van der Waals surface area contributed by atoms with Crippen LogP contribution in [0.4, 0.5) is 5.69 Å². The molecule has 0 unspecified atom stereocenters. The van der Waals surface area contributed by atoms with E-state index in [1.54, 1.807) is 31.5 Å². The van der Waals surface area contributed by atoms with Gasteiger partial charge in [-0.2, -0.15) is 4.31 Å². The number of rotatable bonds is 4. The average molecular weight is 395 g/mol. The summed E-state index contributed by atoms with van der Waals surface area (Å²) in [6.07, 6.45) is 5.14. The molecule has 1 aromatic heterocycles. The summed E-state index contributed by atoms with van der Waals surface area (Å²) in [6.45, 7) is 2.81. The lowest BCUT2D eigenvalue weighted by atomic mass is 10.1. The zero-order valence-corrected chi connectivity index (χ0v) is 16.4. The van der Waals surface area contributed by atoms with Crippen LogP contribution < -0.4 is 5.32 Å². The summed E-state index contributed by atoms with van der Waals surface area (Å²) >= 11 is 0. The number of anilines is 1. The third kappa shape index (κ3) is 3.39. The van der Waals surface area contributed by atoms with Crippen LogP contribution in [-0.4, -0.2) is 36.7 Å². The average Bonchev–Trinajstić information content (AvgIpc) is 3.24. The van der Waals surface area contributed by atoms with Crippen LogP contribution in [0.15, 0.2) is 59.8 Å². The third-order valence-electron chi connectivity index (χ3n) is 5.06. The molecule has 1 fully saturated rings. The fourth-order valence-corrected chi connectivity index (χ4v) is 5.28. The molecule has 0 atom stereocenters. The van der Waals surface area contributed by atoms with Gasteiger partial charge in [-0.15, -0.1) is 0 Å². The zero-order valence-electron chi connectivity index (χ0n) is 15.6. The van der Waals surface area contributed by atoms with Crippen molar-refractivity contribution in [3.8, 4) is 0 Å². The topological polar surface area (TPSA) is 79.4 Å². The van der Waals surface area contributed by atoms with Gasteiger partial charge < -0.3 is 5.32 Å². The molecule has 1 saturated heterocycles. The Morgan fingerprint density at radius 2 is 1.89 bits per heavy atom. The van der Waals surface area contributed by atoms with E-state index in [0.29, 0.717) is 29.9 Å². The first-order valence-electron chi connectivity index (χ1n) is 9.22. The molecule has 3 aromatic rings. The number of fused-ring (bicyclic) bond motifs is 1. The normalized spacial score (nSPS) is 15.0. The Morgan fingerprint density at radius 3 is 2.68 bits per heavy atom. The molecule has 1 aliphatic heterocycles. The van der Waals surface area contributed by atoms with Crippen LogP contribution in [0.5, 0.6) is 0 Å². The number of nitrogens with zero attached hydrogens (tertiary/aromatic N) is 2. The number of pyridine rings is 1. The van der Waals surface area contributed by atoms with Crippen molar-refractivity contribution < 1.29 is 13.2 Å². The number of amides is 1. The lowest BCUT2D eigenvalue weighted by Gasteiger charge is -2.18. The summed E-state index contributed by atoms with van der Waals surface area (Å²) in [5.74, 6) is -0.345. The Morgan fingerprint density at radius 1 is 1.11 bits per heavy atom. The Bertz CT molecular complexity index is 1150. The first-order chi connectivity index (χ1) is 13.5. The smallest absolute Gasteiger partial charge is 0.255 e. The molecule has 0 saturated carbocycles. The maximum Gasteiger partial charge on any atom is 0.255 e. The van der Waals surface area contributed by atoms with Crippen molar-refractivity contribution in [2.24, 2.45) is 0 Å². The van der Waals surface area contributed by atoms with Crippen molar-refractivity contribution in [1.82, 2.24) is 9.29 Å². The number of carbonyl (C=O) groups is 1. The van der Waals surface area contributed by atoms with Crippen molar-refractivity contribution >= 4 is 32.4 Å². The summed E-state index contributed by atoms with van der Waals surface area (Å²) in [4.78, 5) is 17.1. The molecule has 4 rings (SSSR count). The van der Waals surface area contributed by atoms with Crippen LogP contribution in [0.2, 0.25) is 0 Å². The van der Waals surface area contributed by atoms with Crippen molar-refractivity contribution in [1.29, 1.82) is 0 Å². The highest BCUT2D eigenvalue weighted by Gasteiger charge is 2.29. The molecule has 2 aromatic carbocycles. The largest absolute Gasteiger partial charge is 0.321 e. The van der Waals surface area contributed by atoms with Crippen molar-refractivity contribution in [2.45, 2.75) is 24.7 Å². The summed E-state index contributed by atoms with van der Waals surface area (Å²) in [5.41, 5.74) is 1.61. The maximum atomic E-state index is 13.0. The molecule has 1 aliphatic rings. The van der Waals surface area contributed by atoms with Gasteiger partial charge in [-0.05, 0) is 49.6 Å². The molecule has 0 bridgehead atoms. The van der Waals surface area contributed by atoms with E-state index in [-0.39, 0.29) is 10.8 Å². The van der Waals surface area contributed by atoms with Crippen molar-refractivity contribution in [3.63, 3.8) is 0 Å².